The standard InChI is InChI=1S/C12H10F2N2O4S2/c1-20-12(17)8-2-11(10(14)3-9(8)13)22(18,19)16-4-7-5-21-6-15-7/h2-3,5-6,16H,4H2,1H3. The van der Waals surface area contributed by atoms with E-state index in [4.69, 9.17) is 0 Å². The predicted molar refractivity (Wildman–Crippen MR) is 73.8 cm³/mol. The van der Waals surface area contributed by atoms with Crippen molar-refractivity contribution in [3.8, 4) is 0 Å². The largest absolute Gasteiger partial charge is 0.465 e. The van der Waals surface area contributed by atoms with Crippen LogP contribution < -0.4 is 4.72 Å². The zero-order valence-corrected chi connectivity index (χ0v) is 12.8. The van der Waals surface area contributed by atoms with Gasteiger partial charge in [0.1, 0.15) is 16.5 Å². The van der Waals surface area contributed by atoms with E-state index in [0.717, 1.165) is 7.11 Å². The van der Waals surface area contributed by atoms with Crippen molar-refractivity contribution < 1.29 is 26.7 Å². The van der Waals surface area contributed by atoms with E-state index in [-0.39, 0.29) is 6.54 Å². The lowest BCUT2D eigenvalue weighted by Crippen LogP contribution is -2.25. The highest BCUT2D eigenvalue weighted by Crippen LogP contribution is 2.20. The molecule has 0 aliphatic carbocycles. The number of thiazole rings is 1. The zero-order valence-electron chi connectivity index (χ0n) is 11.2. The molecule has 0 aliphatic heterocycles. The van der Waals surface area contributed by atoms with Crippen LogP contribution in [-0.4, -0.2) is 26.5 Å². The summed E-state index contributed by atoms with van der Waals surface area (Å²) in [5.41, 5.74) is 1.29. The molecule has 0 unspecified atom stereocenters. The summed E-state index contributed by atoms with van der Waals surface area (Å²) in [5.74, 6) is -3.62. The number of methoxy groups -OCH3 is 1. The summed E-state index contributed by atoms with van der Waals surface area (Å²) in [6, 6.07) is 0.920. The van der Waals surface area contributed by atoms with Gasteiger partial charge in [-0.25, -0.2) is 31.7 Å². The van der Waals surface area contributed by atoms with Crippen LogP contribution in [0.5, 0.6) is 0 Å². The molecule has 22 heavy (non-hydrogen) atoms. The van der Waals surface area contributed by atoms with E-state index in [1.165, 1.54) is 16.8 Å². The Labute approximate surface area is 128 Å². The number of aromatic nitrogens is 1. The number of rotatable bonds is 5. The van der Waals surface area contributed by atoms with Crippen molar-refractivity contribution in [1.82, 2.24) is 9.71 Å². The van der Waals surface area contributed by atoms with Gasteiger partial charge in [-0.1, -0.05) is 0 Å². The van der Waals surface area contributed by atoms with Crippen LogP contribution in [0, 0.1) is 11.6 Å². The minimum absolute atomic E-state index is 0.157. The van der Waals surface area contributed by atoms with Crippen LogP contribution in [0.15, 0.2) is 27.9 Å². The molecular weight excluding hydrogens is 338 g/mol. The summed E-state index contributed by atoms with van der Waals surface area (Å²) in [4.78, 5) is 14.4. The summed E-state index contributed by atoms with van der Waals surface area (Å²) in [5, 5.41) is 1.61. The summed E-state index contributed by atoms with van der Waals surface area (Å²) >= 11 is 1.27. The number of hydrogen-bond donors (Lipinski definition) is 1. The lowest BCUT2D eigenvalue weighted by molar-refractivity contribution is 0.0595. The van der Waals surface area contributed by atoms with Gasteiger partial charge in [-0.3, -0.25) is 0 Å². The third-order valence-corrected chi connectivity index (χ3v) is 4.69. The number of ether oxygens (including phenoxy) is 1. The molecule has 2 rings (SSSR count). The van der Waals surface area contributed by atoms with Crippen LogP contribution in [0.1, 0.15) is 16.1 Å². The molecule has 0 saturated carbocycles. The monoisotopic (exact) mass is 348 g/mol. The Morgan fingerprint density at radius 1 is 1.36 bits per heavy atom. The van der Waals surface area contributed by atoms with Crippen LogP contribution in [0.2, 0.25) is 0 Å². The van der Waals surface area contributed by atoms with Crippen molar-refractivity contribution in [3.63, 3.8) is 0 Å². The quantitative estimate of drug-likeness (QED) is 0.831. The van der Waals surface area contributed by atoms with Gasteiger partial charge in [0.05, 0.1) is 30.4 Å². The molecule has 0 amide bonds. The van der Waals surface area contributed by atoms with Gasteiger partial charge >= 0.3 is 5.97 Å². The van der Waals surface area contributed by atoms with Crippen molar-refractivity contribution in [2.45, 2.75) is 11.4 Å². The first kappa shape index (κ1) is 16.5. The topological polar surface area (TPSA) is 85.4 Å². The summed E-state index contributed by atoms with van der Waals surface area (Å²) in [6.45, 7) is -0.157. The maximum absolute atomic E-state index is 13.7. The van der Waals surface area contributed by atoms with Crippen LogP contribution in [0.25, 0.3) is 0 Å². The summed E-state index contributed by atoms with van der Waals surface area (Å²) < 4.78 is 57.8. The average Bonchev–Trinajstić information content (AvgIpc) is 2.97. The normalized spacial score (nSPS) is 11.4. The molecule has 0 atom stereocenters. The second kappa shape index (κ2) is 6.46. The first-order valence-electron chi connectivity index (χ1n) is 5.79. The van der Waals surface area contributed by atoms with Crippen LogP contribution in [-0.2, 0) is 21.3 Å². The SMILES string of the molecule is COC(=O)c1cc(S(=O)(=O)NCc2cscn2)c(F)cc1F. The molecule has 6 nitrogen and oxygen atoms in total. The minimum Gasteiger partial charge on any atom is -0.465 e. The second-order valence-electron chi connectivity index (χ2n) is 4.06. The summed E-state index contributed by atoms with van der Waals surface area (Å²) in [7, 11) is -3.28. The Balaban J connectivity index is 2.35. The fraction of sp³-hybridized carbons (Fsp3) is 0.167. The average molecular weight is 348 g/mol. The molecule has 1 heterocycles. The maximum atomic E-state index is 13.7. The molecule has 0 spiro atoms. The number of nitrogens with one attached hydrogen (secondary N) is 1. The highest BCUT2D eigenvalue weighted by Gasteiger charge is 2.24. The van der Waals surface area contributed by atoms with Gasteiger partial charge in [-0.05, 0) is 6.07 Å². The van der Waals surface area contributed by atoms with Gasteiger partial charge in [0, 0.05) is 11.4 Å². The first-order valence-corrected chi connectivity index (χ1v) is 8.22. The molecule has 0 fully saturated rings. The minimum atomic E-state index is -4.28. The molecule has 0 radical (unpaired) electrons. The maximum Gasteiger partial charge on any atom is 0.340 e. The number of carbonyl (C=O) groups excluding carboxylic acids is 1. The number of esters is 1. The van der Waals surface area contributed by atoms with Gasteiger partial charge in [-0.2, -0.15) is 0 Å². The zero-order chi connectivity index (χ0) is 16.3. The molecule has 118 valence electrons. The van der Waals surface area contributed by atoms with E-state index in [0.29, 0.717) is 17.8 Å². The molecule has 2 aromatic rings. The molecular formula is C12H10F2N2O4S2. The van der Waals surface area contributed by atoms with Crippen molar-refractivity contribution in [2.75, 3.05) is 7.11 Å². The predicted octanol–water partition coefficient (Wildman–Crippen LogP) is 1.69. The first-order chi connectivity index (χ1) is 10.3. The lowest BCUT2D eigenvalue weighted by Gasteiger charge is -2.09. The van der Waals surface area contributed by atoms with E-state index < -0.39 is 38.1 Å². The Morgan fingerprint density at radius 3 is 2.68 bits per heavy atom. The lowest BCUT2D eigenvalue weighted by atomic mass is 10.2. The fourth-order valence-corrected chi connectivity index (χ4v) is 3.21. The molecule has 10 heteroatoms. The van der Waals surface area contributed by atoms with Gasteiger partial charge < -0.3 is 4.74 Å². The Hall–Kier alpha value is -1.91. The number of sulfonamides is 1. The Kier molecular flexibility index (Phi) is 4.84. The third-order valence-electron chi connectivity index (χ3n) is 2.64. The smallest absolute Gasteiger partial charge is 0.340 e. The van der Waals surface area contributed by atoms with E-state index >= 15 is 0 Å². The Bertz CT molecular complexity index is 792. The van der Waals surface area contributed by atoms with Crippen molar-refractivity contribution in [3.05, 3.63) is 45.9 Å². The van der Waals surface area contributed by atoms with Crippen LogP contribution in [0.4, 0.5) is 8.78 Å². The second-order valence-corrected chi connectivity index (χ2v) is 6.51. The molecule has 0 aliphatic rings. The number of nitrogens with zero attached hydrogens (tertiary/aromatic N) is 1. The molecule has 1 aromatic heterocycles. The number of hydrogen-bond acceptors (Lipinski definition) is 6. The Morgan fingerprint density at radius 2 is 2.09 bits per heavy atom. The molecule has 0 bridgehead atoms. The van der Waals surface area contributed by atoms with Crippen molar-refractivity contribution in [2.24, 2.45) is 0 Å². The third kappa shape index (κ3) is 3.46. The van der Waals surface area contributed by atoms with E-state index in [1.807, 2.05) is 0 Å². The van der Waals surface area contributed by atoms with Gasteiger partial charge in [-0.15, -0.1) is 11.3 Å². The summed E-state index contributed by atoms with van der Waals surface area (Å²) in [6.07, 6.45) is 0. The number of halogens is 2. The molecule has 1 N–H and O–H groups in total. The molecule has 1 aromatic carbocycles. The van der Waals surface area contributed by atoms with Crippen molar-refractivity contribution >= 4 is 27.3 Å². The van der Waals surface area contributed by atoms with Crippen molar-refractivity contribution in [1.29, 1.82) is 0 Å². The van der Waals surface area contributed by atoms with Gasteiger partial charge in [0.25, 0.3) is 0 Å². The number of carbonyl (C=O) groups is 1. The van der Waals surface area contributed by atoms with E-state index in [1.54, 1.807) is 5.38 Å². The fourth-order valence-electron chi connectivity index (χ4n) is 1.57. The molecule has 0 saturated heterocycles. The highest BCUT2D eigenvalue weighted by atomic mass is 32.2. The number of benzene rings is 1. The van der Waals surface area contributed by atoms with E-state index in [2.05, 4.69) is 14.4 Å². The van der Waals surface area contributed by atoms with Gasteiger partial charge in [0.15, 0.2) is 0 Å². The van der Waals surface area contributed by atoms with Crippen LogP contribution >= 0.6 is 11.3 Å². The van der Waals surface area contributed by atoms with E-state index in [9.17, 15) is 22.0 Å². The van der Waals surface area contributed by atoms with Crippen LogP contribution in [0.3, 0.4) is 0 Å². The highest BCUT2D eigenvalue weighted by molar-refractivity contribution is 7.89. The van der Waals surface area contributed by atoms with Gasteiger partial charge in [0.2, 0.25) is 10.0 Å².